The highest BCUT2D eigenvalue weighted by molar-refractivity contribution is 5.93. The molecular formula is C13H22N4O. The minimum atomic E-state index is -0.155. The van der Waals surface area contributed by atoms with Crippen LogP contribution < -0.4 is 16.4 Å². The first-order chi connectivity index (χ1) is 8.48. The van der Waals surface area contributed by atoms with Gasteiger partial charge in [0.15, 0.2) is 0 Å². The molecule has 4 N–H and O–H groups in total. The van der Waals surface area contributed by atoms with Gasteiger partial charge in [-0.3, -0.25) is 9.78 Å². The number of anilines is 1. The van der Waals surface area contributed by atoms with Crippen LogP contribution in [-0.2, 0) is 0 Å². The number of hydrogen-bond donors (Lipinski definition) is 3. The molecule has 100 valence electrons. The molecule has 1 rings (SSSR count). The van der Waals surface area contributed by atoms with Gasteiger partial charge in [0.1, 0.15) is 5.69 Å². The number of rotatable bonds is 6. The van der Waals surface area contributed by atoms with Crippen LogP contribution >= 0.6 is 0 Å². The lowest BCUT2D eigenvalue weighted by molar-refractivity contribution is 0.0951. The fourth-order valence-corrected chi connectivity index (χ4v) is 1.70. The monoisotopic (exact) mass is 250 g/mol. The molecule has 0 fully saturated rings. The summed E-state index contributed by atoms with van der Waals surface area (Å²) in [6.07, 6.45) is 2.48. The van der Waals surface area contributed by atoms with Gasteiger partial charge in [-0.1, -0.05) is 0 Å². The van der Waals surface area contributed by atoms with Crippen molar-refractivity contribution in [3.63, 3.8) is 0 Å². The highest BCUT2D eigenvalue weighted by Gasteiger charge is 2.16. The molecule has 1 amide bonds. The number of amides is 1. The molecular weight excluding hydrogens is 228 g/mol. The number of pyridine rings is 1. The molecule has 1 aromatic rings. The number of nitrogens with two attached hydrogens (primary N) is 1. The average Bonchev–Trinajstić information content (AvgIpc) is 2.28. The van der Waals surface area contributed by atoms with Crippen LogP contribution in [0.5, 0.6) is 0 Å². The van der Waals surface area contributed by atoms with E-state index in [9.17, 15) is 4.79 Å². The van der Waals surface area contributed by atoms with Gasteiger partial charge in [0.25, 0.3) is 5.91 Å². The molecule has 0 aliphatic heterocycles. The van der Waals surface area contributed by atoms with Crippen molar-refractivity contribution in [1.29, 1.82) is 0 Å². The van der Waals surface area contributed by atoms with E-state index >= 15 is 0 Å². The van der Waals surface area contributed by atoms with Crippen molar-refractivity contribution in [3.8, 4) is 0 Å². The molecule has 1 heterocycles. The maximum absolute atomic E-state index is 11.7. The second-order valence-electron chi connectivity index (χ2n) is 4.84. The first-order valence-electron chi connectivity index (χ1n) is 6.21. The molecule has 0 saturated carbocycles. The molecule has 0 aliphatic rings. The van der Waals surface area contributed by atoms with E-state index in [0.717, 1.165) is 12.1 Å². The number of carbonyl (C=O) groups excluding carboxylic acids is 1. The van der Waals surface area contributed by atoms with Crippen molar-refractivity contribution in [1.82, 2.24) is 10.3 Å². The van der Waals surface area contributed by atoms with E-state index in [1.54, 1.807) is 12.3 Å². The first-order valence-corrected chi connectivity index (χ1v) is 6.21. The molecule has 0 aliphatic carbocycles. The summed E-state index contributed by atoms with van der Waals surface area (Å²) in [7, 11) is 0. The van der Waals surface area contributed by atoms with Crippen LogP contribution in [-0.4, -0.2) is 29.5 Å². The Labute approximate surface area is 108 Å². The van der Waals surface area contributed by atoms with E-state index in [1.165, 1.54) is 0 Å². The zero-order chi connectivity index (χ0) is 13.6. The third kappa shape index (κ3) is 4.33. The summed E-state index contributed by atoms with van der Waals surface area (Å²) in [5.41, 5.74) is 6.77. The zero-order valence-electron chi connectivity index (χ0n) is 11.3. The Bertz CT molecular complexity index is 404. The molecule has 0 atom stereocenters. The van der Waals surface area contributed by atoms with Crippen molar-refractivity contribution in [2.24, 2.45) is 5.73 Å². The summed E-state index contributed by atoms with van der Waals surface area (Å²) in [4.78, 5) is 15.7. The maximum atomic E-state index is 11.7. The third-order valence-corrected chi connectivity index (χ3v) is 2.58. The summed E-state index contributed by atoms with van der Waals surface area (Å²) in [6, 6.07) is 3.60. The number of nitrogens with one attached hydrogen (secondary N) is 2. The molecule has 5 nitrogen and oxygen atoms in total. The van der Waals surface area contributed by atoms with E-state index < -0.39 is 0 Å². The van der Waals surface area contributed by atoms with Crippen molar-refractivity contribution >= 4 is 11.6 Å². The second kappa shape index (κ2) is 6.35. The quantitative estimate of drug-likeness (QED) is 0.712. The number of hydrogen-bond acceptors (Lipinski definition) is 4. The number of carbonyl (C=O) groups is 1. The van der Waals surface area contributed by atoms with Crippen molar-refractivity contribution in [2.45, 2.75) is 32.7 Å². The first kappa shape index (κ1) is 14.4. The lowest BCUT2D eigenvalue weighted by Gasteiger charge is -2.27. The van der Waals surface area contributed by atoms with Crippen LogP contribution in [0.3, 0.4) is 0 Å². The van der Waals surface area contributed by atoms with Gasteiger partial charge in [0.05, 0.1) is 0 Å². The minimum Gasteiger partial charge on any atom is -0.380 e. The summed E-state index contributed by atoms with van der Waals surface area (Å²) in [5.74, 6) is -0.155. The highest BCUT2D eigenvalue weighted by atomic mass is 16.1. The summed E-state index contributed by atoms with van der Waals surface area (Å²) < 4.78 is 0. The molecule has 0 unspecified atom stereocenters. The Kier molecular flexibility index (Phi) is 5.09. The molecule has 1 aromatic heterocycles. The van der Waals surface area contributed by atoms with Crippen LogP contribution in [0, 0.1) is 0 Å². The van der Waals surface area contributed by atoms with Gasteiger partial charge in [0.2, 0.25) is 0 Å². The molecule has 0 bridgehead atoms. The van der Waals surface area contributed by atoms with Crippen LogP contribution in [0.15, 0.2) is 18.3 Å². The van der Waals surface area contributed by atoms with E-state index in [4.69, 9.17) is 5.73 Å². The van der Waals surface area contributed by atoms with Crippen molar-refractivity contribution < 1.29 is 4.79 Å². The molecule has 0 radical (unpaired) electrons. The van der Waals surface area contributed by atoms with Crippen LogP contribution in [0.2, 0.25) is 0 Å². The molecule has 0 aromatic carbocycles. The Balaban J connectivity index is 2.79. The summed E-state index contributed by atoms with van der Waals surface area (Å²) in [5, 5.41) is 6.08. The van der Waals surface area contributed by atoms with E-state index in [2.05, 4.69) is 29.5 Å². The lowest BCUT2D eigenvalue weighted by Crippen LogP contribution is -2.33. The second-order valence-corrected chi connectivity index (χ2v) is 4.84. The smallest absolute Gasteiger partial charge is 0.269 e. The number of aromatic nitrogens is 1. The zero-order valence-corrected chi connectivity index (χ0v) is 11.3. The average molecular weight is 250 g/mol. The van der Waals surface area contributed by atoms with Gasteiger partial charge in [-0.15, -0.1) is 0 Å². The van der Waals surface area contributed by atoms with E-state index in [-0.39, 0.29) is 11.4 Å². The van der Waals surface area contributed by atoms with E-state index in [1.807, 2.05) is 13.0 Å². The normalized spacial score (nSPS) is 11.1. The minimum absolute atomic E-state index is 0.103. The third-order valence-electron chi connectivity index (χ3n) is 2.58. The maximum Gasteiger partial charge on any atom is 0.269 e. The molecule has 5 heteroatoms. The Morgan fingerprint density at radius 3 is 2.83 bits per heavy atom. The van der Waals surface area contributed by atoms with Gasteiger partial charge in [0, 0.05) is 24.0 Å². The Morgan fingerprint density at radius 2 is 2.22 bits per heavy atom. The molecule has 0 spiro atoms. The Morgan fingerprint density at radius 1 is 1.50 bits per heavy atom. The van der Waals surface area contributed by atoms with Gasteiger partial charge in [-0.05, 0) is 45.9 Å². The summed E-state index contributed by atoms with van der Waals surface area (Å²) >= 11 is 0. The standard InChI is InChI=1S/C13H22N4O/c1-4-15-12(18)11-9-10(5-8-16-11)17-13(2,3)6-7-14/h5,8-9H,4,6-7,14H2,1-3H3,(H,15,18)(H,16,17). The Hall–Kier alpha value is -1.62. The van der Waals surface area contributed by atoms with Gasteiger partial charge >= 0.3 is 0 Å². The van der Waals surface area contributed by atoms with Crippen molar-refractivity contribution in [3.05, 3.63) is 24.0 Å². The number of nitrogens with zero attached hydrogens (tertiary/aromatic N) is 1. The molecule has 18 heavy (non-hydrogen) atoms. The van der Waals surface area contributed by atoms with Gasteiger partial charge in [-0.25, -0.2) is 0 Å². The molecule has 0 saturated heterocycles. The predicted octanol–water partition coefficient (Wildman–Crippen LogP) is 1.37. The van der Waals surface area contributed by atoms with E-state index in [0.29, 0.717) is 18.8 Å². The van der Waals surface area contributed by atoms with Gasteiger partial charge < -0.3 is 16.4 Å². The van der Waals surface area contributed by atoms with Crippen molar-refractivity contribution in [2.75, 3.05) is 18.4 Å². The highest BCUT2D eigenvalue weighted by Crippen LogP contribution is 2.17. The largest absolute Gasteiger partial charge is 0.380 e. The van der Waals surface area contributed by atoms with Crippen LogP contribution in [0.4, 0.5) is 5.69 Å². The SMILES string of the molecule is CCNC(=O)c1cc(NC(C)(C)CCN)ccn1. The topological polar surface area (TPSA) is 80.0 Å². The van der Waals surface area contributed by atoms with Gasteiger partial charge in [-0.2, -0.15) is 0 Å². The van der Waals surface area contributed by atoms with Crippen LogP contribution in [0.1, 0.15) is 37.7 Å². The fourth-order valence-electron chi connectivity index (χ4n) is 1.70. The fraction of sp³-hybridized carbons (Fsp3) is 0.538. The summed E-state index contributed by atoms with van der Waals surface area (Å²) in [6.45, 7) is 7.24. The predicted molar refractivity (Wildman–Crippen MR) is 73.6 cm³/mol. The van der Waals surface area contributed by atoms with Crippen LogP contribution in [0.25, 0.3) is 0 Å². The lowest BCUT2D eigenvalue weighted by atomic mass is 10.0.